The largest absolute Gasteiger partial charge is 0.292 e. The number of nitrogens with zero attached hydrogens (tertiary/aromatic N) is 3. The van der Waals surface area contributed by atoms with Crippen LogP contribution in [0.25, 0.3) is 10.4 Å². The summed E-state index contributed by atoms with van der Waals surface area (Å²) in [6.07, 6.45) is 0.675. The number of benzene rings is 1. The molecule has 0 aromatic heterocycles. The fourth-order valence-corrected chi connectivity index (χ4v) is 2.10. The van der Waals surface area contributed by atoms with Gasteiger partial charge in [0.1, 0.15) is 0 Å². The van der Waals surface area contributed by atoms with E-state index < -0.39 is 5.91 Å². The lowest BCUT2D eigenvalue weighted by atomic mass is 9.90. The minimum atomic E-state index is -0.417. The van der Waals surface area contributed by atoms with Crippen molar-refractivity contribution in [1.29, 1.82) is 0 Å². The Morgan fingerprint density at radius 3 is 2.76 bits per heavy atom. The van der Waals surface area contributed by atoms with E-state index in [1.165, 1.54) is 0 Å². The molecule has 0 fully saturated rings. The van der Waals surface area contributed by atoms with Gasteiger partial charge in [-0.2, -0.15) is 0 Å². The predicted octanol–water partition coefficient (Wildman–Crippen LogP) is 4.42. The van der Waals surface area contributed by atoms with Crippen molar-refractivity contribution in [2.75, 3.05) is 0 Å². The fraction of sp³-hybridized carbons (Fsp3) is 0.417. The molecule has 0 N–H and O–H groups in total. The molecule has 0 radical (unpaired) electrons. The molecule has 90 valence electrons. The molecule has 0 aliphatic rings. The van der Waals surface area contributed by atoms with Crippen molar-refractivity contribution >= 4 is 21.8 Å². The van der Waals surface area contributed by atoms with E-state index in [4.69, 9.17) is 5.53 Å². The minimum absolute atomic E-state index is 0.358. The van der Waals surface area contributed by atoms with E-state index in [0.29, 0.717) is 12.3 Å². The van der Waals surface area contributed by atoms with E-state index in [1.807, 2.05) is 38.1 Å². The summed E-state index contributed by atoms with van der Waals surface area (Å²) < 4.78 is 0.914. The topological polar surface area (TPSA) is 65.8 Å². The van der Waals surface area contributed by atoms with Crippen molar-refractivity contribution in [3.8, 4) is 0 Å². The molecule has 1 rings (SSSR count). The number of hydrogen-bond donors (Lipinski definition) is 0. The van der Waals surface area contributed by atoms with E-state index >= 15 is 0 Å². The summed E-state index contributed by atoms with van der Waals surface area (Å²) in [7, 11) is 0. The number of halogens is 1. The molecule has 1 unspecified atom stereocenters. The molecule has 0 bridgehead atoms. The maximum atomic E-state index is 11.8. The maximum absolute atomic E-state index is 11.8. The summed E-state index contributed by atoms with van der Waals surface area (Å²) in [4.78, 5) is 14.3. The van der Waals surface area contributed by atoms with Gasteiger partial charge in [-0.1, -0.05) is 41.9 Å². The first-order valence-electron chi connectivity index (χ1n) is 5.39. The number of rotatable bonds is 4. The van der Waals surface area contributed by atoms with Crippen molar-refractivity contribution in [2.24, 2.45) is 11.0 Å². The Morgan fingerprint density at radius 2 is 2.24 bits per heavy atom. The van der Waals surface area contributed by atoms with Gasteiger partial charge >= 0.3 is 0 Å². The lowest BCUT2D eigenvalue weighted by Crippen LogP contribution is -2.12. The van der Waals surface area contributed by atoms with Crippen LogP contribution < -0.4 is 0 Å². The van der Waals surface area contributed by atoms with Crippen LogP contribution in [0.2, 0.25) is 0 Å². The Balaban J connectivity index is 3.05. The average Bonchev–Trinajstić information content (AvgIpc) is 2.26. The summed E-state index contributed by atoms with van der Waals surface area (Å²) >= 11 is 3.37. The number of amides is 1. The lowest BCUT2D eigenvalue weighted by Gasteiger charge is -2.16. The second-order valence-corrected chi connectivity index (χ2v) is 5.18. The van der Waals surface area contributed by atoms with Gasteiger partial charge in [-0.3, -0.25) is 4.79 Å². The average molecular weight is 296 g/mol. The summed E-state index contributed by atoms with van der Waals surface area (Å²) in [6.45, 7) is 4.07. The third-order valence-corrected chi connectivity index (χ3v) is 2.89. The molecule has 0 aliphatic carbocycles. The highest BCUT2D eigenvalue weighted by Gasteiger charge is 2.20. The normalized spacial score (nSPS) is 12.0. The van der Waals surface area contributed by atoms with Gasteiger partial charge < -0.3 is 0 Å². The van der Waals surface area contributed by atoms with Crippen LogP contribution in [-0.4, -0.2) is 5.91 Å². The lowest BCUT2D eigenvalue weighted by molar-refractivity contribution is -0.119. The van der Waals surface area contributed by atoms with Crippen LogP contribution in [0.5, 0.6) is 0 Å². The molecular weight excluding hydrogens is 282 g/mol. The Bertz CT molecular complexity index is 453. The number of hydrogen-bond acceptors (Lipinski definition) is 1. The van der Waals surface area contributed by atoms with E-state index in [0.717, 1.165) is 10.0 Å². The van der Waals surface area contributed by atoms with Gasteiger partial charge in [-0.25, -0.2) is 0 Å². The predicted molar refractivity (Wildman–Crippen MR) is 70.5 cm³/mol. The van der Waals surface area contributed by atoms with Crippen molar-refractivity contribution in [3.05, 3.63) is 44.7 Å². The maximum Gasteiger partial charge on any atom is 0.226 e. The summed E-state index contributed by atoms with van der Waals surface area (Å²) in [6, 6.07) is 7.53. The molecule has 0 aliphatic heterocycles. The van der Waals surface area contributed by atoms with E-state index in [1.54, 1.807) is 0 Å². The number of carbonyl (C=O) groups is 1. The van der Waals surface area contributed by atoms with Gasteiger partial charge in [0.05, 0.1) is 0 Å². The van der Waals surface area contributed by atoms with Gasteiger partial charge in [0, 0.05) is 15.3 Å². The smallest absolute Gasteiger partial charge is 0.226 e. The standard InChI is InChI=1S/C12H14BrN3O/c1-8(2)6-11(12(17)15-16-14)9-4-3-5-10(13)7-9/h3-5,7-8,11H,6H2,1-2H3. The first kappa shape index (κ1) is 13.7. The quantitative estimate of drug-likeness (QED) is 0.461. The molecule has 4 nitrogen and oxygen atoms in total. The molecule has 1 aromatic carbocycles. The van der Waals surface area contributed by atoms with Crippen LogP contribution in [0, 0.1) is 5.92 Å². The van der Waals surface area contributed by atoms with Crippen LogP contribution in [0.3, 0.4) is 0 Å². The van der Waals surface area contributed by atoms with Gasteiger partial charge in [-0.05, 0) is 40.7 Å². The molecule has 0 heterocycles. The molecule has 0 saturated heterocycles. The van der Waals surface area contributed by atoms with E-state index in [2.05, 4.69) is 26.0 Å². The van der Waals surface area contributed by atoms with Crippen molar-refractivity contribution in [2.45, 2.75) is 26.2 Å². The third kappa shape index (κ3) is 4.21. The molecule has 17 heavy (non-hydrogen) atoms. The molecule has 0 saturated carbocycles. The van der Waals surface area contributed by atoms with E-state index in [9.17, 15) is 4.79 Å². The van der Waals surface area contributed by atoms with E-state index in [-0.39, 0.29) is 5.92 Å². The fourth-order valence-electron chi connectivity index (χ4n) is 1.69. The van der Waals surface area contributed by atoms with Crippen LogP contribution >= 0.6 is 15.9 Å². The minimum Gasteiger partial charge on any atom is -0.292 e. The van der Waals surface area contributed by atoms with Gasteiger partial charge in [0.2, 0.25) is 5.91 Å². The molecule has 1 amide bonds. The molecule has 1 aromatic rings. The molecular formula is C12H14BrN3O. The summed E-state index contributed by atoms with van der Waals surface area (Å²) in [5.41, 5.74) is 9.23. The van der Waals surface area contributed by atoms with Crippen molar-refractivity contribution in [1.82, 2.24) is 0 Å². The first-order valence-corrected chi connectivity index (χ1v) is 6.18. The van der Waals surface area contributed by atoms with Crippen LogP contribution in [0.15, 0.2) is 33.9 Å². The first-order chi connectivity index (χ1) is 8.04. The van der Waals surface area contributed by atoms with Crippen LogP contribution in [0.1, 0.15) is 31.7 Å². The second kappa shape index (κ2) is 6.42. The zero-order valence-corrected chi connectivity index (χ0v) is 11.4. The van der Waals surface area contributed by atoms with Gasteiger partial charge in [-0.15, -0.1) is 0 Å². The monoisotopic (exact) mass is 295 g/mol. The zero-order valence-electron chi connectivity index (χ0n) is 9.80. The Morgan fingerprint density at radius 1 is 1.53 bits per heavy atom. The van der Waals surface area contributed by atoms with Crippen molar-refractivity contribution < 1.29 is 4.79 Å². The van der Waals surface area contributed by atoms with Crippen molar-refractivity contribution in [3.63, 3.8) is 0 Å². The highest BCUT2D eigenvalue weighted by molar-refractivity contribution is 9.10. The number of azide groups is 1. The third-order valence-electron chi connectivity index (χ3n) is 2.40. The molecule has 0 spiro atoms. The highest BCUT2D eigenvalue weighted by atomic mass is 79.9. The highest BCUT2D eigenvalue weighted by Crippen LogP contribution is 2.27. The number of carbonyl (C=O) groups excluding carboxylic acids is 1. The zero-order chi connectivity index (χ0) is 12.8. The second-order valence-electron chi connectivity index (χ2n) is 4.26. The van der Waals surface area contributed by atoms with Gasteiger partial charge in [0.25, 0.3) is 0 Å². The van der Waals surface area contributed by atoms with Gasteiger partial charge in [0.15, 0.2) is 0 Å². The Hall–Kier alpha value is -1.32. The SMILES string of the molecule is CC(C)CC(C(=O)N=[N+]=[N-])c1cccc(Br)c1. The Kier molecular flexibility index (Phi) is 5.19. The Labute approximate surface area is 109 Å². The summed E-state index contributed by atoms with van der Waals surface area (Å²) in [5, 5.41) is 3.21. The van der Waals surface area contributed by atoms with Crippen LogP contribution in [-0.2, 0) is 4.79 Å². The summed E-state index contributed by atoms with van der Waals surface area (Å²) in [5.74, 6) is -0.417. The van der Waals surface area contributed by atoms with Crippen LogP contribution in [0.4, 0.5) is 0 Å². The molecule has 5 heteroatoms. The molecule has 1 atom stereocenters.